The minimum Gasteiger partial charge on any atom is -0.381 e. The van der Waals surface area contributed by atoms with Crippen molar-refractivity contribution in [1.82, 2.24) is 9.97 Å². The van der Waals surface area contributed by atoms with Crippen LogP contribution in [0.25, 0.3) is 0 Å². The summed E-state index contributed by atoms with van der Waals surface area (Å²) in [5, 5.41) is 3.01. The van der Waals surface area contributed by atoms with Crippen molar-refractivity contribution in [3.63, 3.8) is 0 Å². The zero-order valence-corrected chi connectivity index (χ0v) is 10.6. The molecule has 0 radical (unpaired) electrons. The van der Waals surface area contributed by atoms with E-state index in [2.05, 4.69) is 31.2 Å². The summed E-state index contributed by atoms with van der Waals surface area (Å²) >= 11 is 3.13. The number of hydrogen-bond donors (Lipinski definition) is 2. The van der Waals surface area contributed by atoms with Crippen molar-refractivity contribution in [2.24, 2.45) is 0 Å². The van der Waals surface area contributed by atoms with Gasteiger partial charge in [0.05, 0.1) is 4.47 Å². The molecule has 0 aliphatic carbocycles. The Balaban J connectivity index is 2.37. The first-order chi connectivity index (χ1) is 8.08. The van der Waals surface area contributed by atoms with Crippen molar-refractivity contribution in [2.75, 3.05) is 11.1 Å². The zero-order chi connectivity index (χ0) is 12.4. The van der Waals surface area contributed by atoms with Crippen molar-refractivity contribution in [2.45, 2.75) is 6.92 Å². The minimum absolute atomic E-state index is 0.298. The third-order valence-corrected chi connectivity index (χ3v) is 2.85. The van der Waals surface area contributed by atoms with Crippen LogP contribution >= 0.6 is 15.9 Å². The highest BCUT2D eigenvalue weighted by Crippen LogP contribution is 2.27. The van der Waals surface area contributed by atoms with Gasteiger partial charge in [0.1, 0.15) is 5.82 Å². The molecule has 0 spiro atoms. The van der Waals surface area contributed by atoms with Gasteiger partial charge in [0, 0.05) is 18.1 Å². The maximum absolute atomic E-state index is 13.3. The number of rotatable bonds is 2. The largest absolute Gasteiger partial charge is 0.381 e. The maximum atomic E-state index is 13.3. The third-order valence-electron chi connectivity index (χ3n) is 2.25. The SMILES string of the molecule is Cc1cc(F)c(Br)cc1Nc1nccnc1N. The molecule has 17 heavy (non-hydrogen) atoms. The Bertz CT molecular complexity index is 559. The van der Waals surface area contributed by atoms with Gasteiger partial charge in [0.25, 0.3) is 0 Å². The molecule has 0 saturated heterocycles. The molecule has 0 unspecified atom stereocenters. The average molecular weight is 297 g/mol. The molecule has 0 atom stereocenters. The summed E-state index contributed by atoms with van der Waals surface area (Å²) in [5.74, 6) is 0.446. The maximum Gasteiger partial charge on any atom is 0.173 e. The van der Waals surface area contributed by atoms with Crippen molar-refractivity contribution in [3.05, 3.63) is 40.4 Å². The summed E-state index contributed by atoms with van der Waals surface area (Å²) in [5.41, 5.74) is 7.15. The van der Waals surface area contributed by atoms with Crippen LogP contribution in [0, 0.1) is 12.7 Å². The molecule has 2 aromatic rings. The molecule has 0 amide bonds. The number of nitrogens with one attached hydrogen (secondary N) is 1. The van der Waals surface area contributed by atoms with Gasteiger partial charge in [-0.15, -0.1) is 0 Å². The molecule has 4 nitrogen and oxygen atoms in total. The average Bonchev–Trinajstić information content (AvgIpc) is 2.29. The summed E-state index contributed by atoms with van der Waals surface area (Å²) in [6.45, 7) is 1.80. The molecular formula is C11H10BrFN4. The fraction of sp³-hybridized carbons (Fsp3) is 0.0909. The molecule has 3 N–H and O–H groups in total. The van der Waals surface area contributed by atoms with E-state index in [1.807, 2.05) is 0 Å². The van der Waals surface area contributed by atoms with Crippen LogP contribution in [0.3, 0.4) is 0 Å². The molecule has 2 rings (SSSR count). The van der Waals surface area contributed by atoms with Crippen LogP contribution < -0.4 is 11.1 Å². The first-order valence-electron chi connectivity index (χ1n) is 4.87. The van der Waals surface area contributed by atoms with E-state index >= 15 is 0 Å². The van der Waals surface area contributed by atoms with Gasteiger partial charge >= 0.3 is 0 Å². The molecule has 0 fully saturated rings. The monoisotopic (exact) mass is 296 g/mol. The van der Waals surface area contributed by atoms with Crippen molar-refractivity contribution in [1.29, 1.82) is 0 Å². The first-order valence-corrected chi connectivity index (χ1v) is 5.66. The number of nitrogens with zero attached hydrogens (tertiary/aromatic N) is 2. The molecule has 0 aliphatic rings. The smallest absolute Gasteiger partial charge is 0.173 e. The van der Waals surface area contributed by atoms with E-state index in [1.54, 1.807) is 13.0 Å². The predicted octanol–water partition coefficient (Wildman–Crippen LogP) is 3.01. The minimum atomic E-state index is -0.305. The highest BCUT2D eigenvalue weighted by molar-refractivity contribution is 9.10. The Morgan fingerprint density at radius 1 is 1.29 bits per heavy atom. The van der Waals surface area contributed by atoms with Gasteiger partial charge in [-0.1, -0.05) is 0 Å². The van der Waals surface area contributed by atoms with Crippen LogP contribution in [0.4, 0.5) is 21.7 Å². The highest BCUT2D eigenvalue weighted by atomic mass is 79.9. The number of halogens is 2. The standard InChI is InChI=1S/C11H10BrFN4/c1-6-4-8(13)7(12)5-9(6)17-11-10(14)15-2-3-16-11/h2-5H,1H3,(H2,14,15)(H,16,17). The lowest BCUT2D eigenvalue weighted by Gasteiger charge is -2.10. The second-order valence-corrected chi connectivity index (χ2v) is 4.35. The predicted molar refractivity (Wildman–Crippen MR) is 68.6 cm³/mol. The van der Waals surface area contributed by atoms with E-state index in [0.29, 0.717) is 16.1 Å². The van der Waals surface area contributed by atoms with Gasteiger partial charge in [-0.3, -0.25) is 0 Å². The Morgan fingerprint density at radius 2 is 2.00 bits per heavy atom. The Labute approximate surface area is 106 Å². The molecular weight excluding hydrogens is 287 g/mol. The van der Waals surface area contributed by atoms with Crippen LogP contribution in [-0.4, -0.2) is 9.97 Å². The molecule has 0 aliphatic heterocycles. The fourth-order valence-corrected chi connectivity index (χ4v) is 1.70. The topological polar surface area (TPSA) is 63.8 Å². The van der Waals surface area contributed by atoms with Gasteiger partial charge in [-0.25, -0.2) is 14.4 Å². The molecule has 88 valence electrons. The second-order valence-electron chi connectivity index (χ2n) is 3.50. The molecule has 6 heteroatoms. The van der Waals surface area contributed by atoms with Crippen molar-refractivity contribution < 1.29 is 4.39 Å². The van der Waals surface area contributed by atoms with Crippen molar-refractivity contribution in [3.8, 4) is 0 Å². The van der Waals surface area contributed by atoms with E-state index in [0.717, 1.165) is 11.3 Å². The number of nitrogens with two attached hydrogens (primary N) is 1. The number of aromatic nitrogens is 2. The summed E-state index contributed by atoms with van der Waals surface area (Å²) in [4.78, 5) is 7.97. The van der Waals surface area contributed by atoms with E-state index in [4.69, 9.17) is 5.73 Å². The van der Waals surface area contributed by atoms with Crippen LogP contribution in [0.2, 0.25) is 0 Å². The lowest BCUT2D eigenvalue weighted by atomic mass is 10.2. The van der Waals surface area contributed by atoms with E-state index in [-0.39, 0.29) is 5.82 Å². The van der Waals surface area contributed by atoms with Gasteiger partial charge in [0.2, 0.25) is 0 Å². The number of hydrogen-bond acceptors (Lipinski definition) is 4. The second kappa shape index (κ2) is 4.67. The summed E-state index contributed by atoms with van der Waals surface area (Å²) in [6, 6.07) is 3.07. The Hall–Kier alpha value is -1.69. The van der Waals surface area contributed by atoms with Crippen LogP contribution in [-0.2, 0) is 0 Å². The fourth-order valence-electron chi connectivity index (χ4n) is 1.35. The van der Waals surface area contributed by atoms with Gasteiger partial charge in [-0.05, 0) is 40.5 Å². The van der Waals surface area contributed by atoms with Crippen LogP contribution in [0.15, 0.2) is 29.0 Å². The van der Waals surface area contributed by atoms with E-state index in [1.165, 1.54) is 18.5 Å². The lowest BCUT2D eigenvalue weighted by Crippen LogP contribution is -2.02. The van der Waals surface area contributed by atoms with Crippen LogP contribution in [0.5, 0.6) is 0 Å². The Kier molecular flexibility index (Phi) is 3.23. The summed E-state index contributed by atoms with van der Waals surface area (Å²) in [6.07, 6.45) is 3.04. The quantitative estimate of drug-likeness (QED) is 0.894. The van der Waals surface area contributed by atoms with Crippen LogP contribution in [0.1, 0.15) is 5.56 Å². The molecule has 0 bridgehead atoms. The molecule has 1 aromatic carbocycles. The third kappa shape index (κ3) is 2.52. The lowest BCUT2D eigenvalue weighted by molar-refractivity contribution is 0.620. The Morgan fingerprint density at radius 3 is 2.71 bits per heavy atom. The number of nitrogen functional groups attached to an aromatic ring is 1. The number of anilines is 3. The molecule has 1 heterocycles. The van der Waals surface area contributed by atoms with Gasteiger partial charge in [-0.2, -0.15) is 0 Å². The van der Waals surface area contributed by atoms with Crippen molar-refractivity contribution >= 4 is 33.3 Å². The first kappa shape index (κ1) is 11.8. The number of aryl methyl sites for hydroxylation is 1. The van der Waals surface area contributed by atoms with Gasteiger partial charge in [0.15, 0.2) is 11.6 Å². The summed E-state index contributed by atoms with van der Waals surface area (Å²) in [7, 11) is 0. The normalized spacial score (nSPS) is 10.3. The molecule has 1 aromatic heterocycles. The van der Waals surface area contributed by atoms with E-state index < -0.39 is 0 Å². The van der Waals surface area contributed by atoms with E-state index in [9.17, 15) is 4.39 Å². The number of benzene rings is 1. The van der Waals surface area contributed by atoms with Gasteiger partial charge < -0.3 is 11.1 Å². The zero-order valence-electron chi connectivity index (χ0n) is 9.04. The molecule has 0 saturated carbocycles. The highest BCUT2D eigenvalue weighted by Gasteiger charge is 2.07. The summed E-state index contributed by atoms with van der Waals surface area (Å²) < 4.78 is 13.6.